The number of phenols is 3. The summed E-state index contributed by atoms with van der Waals surface area (Å²) in [6.45, 7) is 0. The summed E-state index contributed by atoms with van der Waals surface area (Å²) < 4.78 is 79.7. The van der Waals surface area contributed by atoms with Gasteiger partial charge in [0.05, 0.1) is 5.56 Å². The molecule has 0 aliphatic rings. The van der Waals surface area contributed by atoms with E-state index in [9.17, 15) is 26.3 Å². The largest absolute Gasteiger partial charge is 0.504 e. The molecule has 3 N–H and O–H groups in total. The fourth-order valence-electron chi connectivity index (χ4n) is 1.64. The maximum atomic E-state index is 13.7. The van der Waals surface area contributed by atoms with Crippen LogP contribution in [0.1, 0.15) is 0 Å². The molecule has 0 fully saturated rings. The number of rotatable bonds is 1. The van der Waals surface area contributed by atoms with Gasteiger partial charge in [-0.25, -0.2) is 26.3 Å². The molecule has 0 aliphatic heterocycles. The van der Waals surface area contributed by atoms with Gasteiger partial charge in [-0.3, -0.25) is 0 Å². The monoisotopic (exact) mass is 310 g/mol. The van der Waals surface area contributed by atoms with Crippen LogP contribution in [0.4, 0.5) is 26.3 Å². The summed E-state index contributed by atoms with van der Waals surface area (Å²) in [6.07, 6.45) is 0. The van der Waals surface area contributed by atoms with Crippen LogP contribution in [0.15, 0.2) is 6.07 Å². The van der Waals surface area contributed by atoms with E-state index >= 15 is 0 Å². The van der Waals surface area contributed by atoms with Crippen LogP contribution in [0.2, 0.25) is 0 Å². The van der Waals surface area contributed by atoms with Crippen LogP contribution < -0.4 is 0 Å². The molecule has 9 heteroatoms. The van der Waals surface area contributed by atoms with Crippen molar-refractivity contribution in [2.45, 2.75) is 0 Å². The summed E-state index contributed by atoms with van der Waals surface area (Å²) in [5.74, 6) is -17.8. The maximum absolute atomic E-state index is 13.7. The SMILES string of the molecule is Oc1cc(-c2c(F)c(F)c(F)c(F)c2F)c(F)c(O)c1O. The van der Waals surface area contributed by atoms with Crippen molar-refractivity contribution in [3.8, 4) is 28.4 Å². The Morgan fingerprint density at radius 3 is 1.48 bits per heavy atom. The zero-order chi connectivity index (χ0) is 16.1. The molecule has 2 aromatic rings. The molecule has 21 heavy (non-hydrogen) atoms. The second-order valence-corrected chi connectivity index (χ2v) is 3.90. The van der Waals surface area contributed by atoms with Crippen molar-refractivity contribution < 1.29 is 41.7 Å². The first kappa shape index (κ1) is 14.8. The Hall–Kier alpha value is -2.58. The van der Waals surface area contributed by atoms with Crippen LogP contribution in [-0.2, 0) is 0 Å². The summed E-state index contributed by atoms with van der Waals surface area (Å²) in [5.41, 5.74) is -3.00. The third-order valence-electron chi connectivity index (χ3n) is 2.67. The topological polar surface area (TPSA) is 60.7 Å². The van der Waals surface area contributed by atoms with Crippen molar-refractivity contribution in [2.24, 2.45) is 0 Å². The van der Waals surface area contributed by atoms with E-state index in [1.807, 2.05) is 0 Å². The molecular weight excluding hydrogens is 306 g/mol. The van der Waals surface area contributed by atoms with Gasteiger partial charge in [0.25, 0.3) is 0 Å². The second-order valence-electron chi connectivity index (χ2n) is 3.90. The lowest BCUT2D eigenvalue weighted by molar-refractivity contribution is 0.351. The number of hydrogen-bond acceptors (Lipinski definition) is 3. The van der Waals surface area contributed by atoms with Gasteiger partial charge in [-0.2, -0.15) is 0 Å². The van der Waals surface area contributed by atoms with Crippen LogP contribution >= 0.6 is 0 Å². The normalized spacial score (nSPS) is 11.0. The summed E-state index contributed by atoms with van der Waals surface area (Å²) in [6, 6.07) is 0.211. The summed E-state index contributed by atoms with van der Waals surface area (Å²) in [7, 11) is 0. The zero-order valence-corrected chi connectivity index (χ0v) is 9.69. The van der Waals surface area contributed by atoms with Crippen molar-refractivity contribution >= 4 is 0 Å². The van der Waals surface area contributed by atoms with Crippen LogP contribution in [0.25, 0.3) is 11.1 Å². The average Bonchev–Trinajstić information content (AvgIpc) is 2.46. The molecule has 0 bridgehead atoms. The predicted octanol–water partition coefficient (Wildman–Crippen LogP) is 3.30. The first-order valence-corrected chi connectivity index (χ1v) is 5.13. The fourth-order valence-corrected chi connectivity index (χ4v) is 1.64. The first-order chi connectivity index (χ1) is 9.68. The molecule has 0 heterocycles. The van der Waals surface area contributed by atoms with E-state index in [4.69, 9.17) is 15.3 Å². The highest BCUT2D eigenvalue weighted by Gasteiger charge is 2.30. The summed E-state index contributed by atoms with van der Waals surface area (Å²) in [5, 5.41) is 27.3. The Labute approximate surface area is 112 Å². The van der Waals surface area contributed by atoms with Gasteiger partial charge < -0.3 is 15.3 Å². The quantitative estimate of drug-likeness (QED) is 0.328. The van der Waals surface area contributed by atoms with Crippen LogP contribution in [0.3, 0.4) is 0 Å². The maximum Gasteiger partial charge on any atom is 0.203 e. The molecule has 0 aliphatic carbocycles. The van der Waals surface area contributed by atoms with Gasteiger partial charge in [0, 0.05) is 5.56 Å². The third kappa shape index (κ3) is 2.01. The molecule has 0 atom stereocenters. The molecule has 112 valence electrons. The number of hydrogen-bond donors (Lipinski definition) is 3. The van der Waals surface area contributed by atoms with Crippen LogP contribution in [-0.4, -0.2) is 15.3 Å². The lowest BCUT2D eigenvalue weighted by Crippen LogP contribution is -2.05. The van der Waals surface area contributed by atoms with Gasteiger partial charge in [-0.1, -0.05) is 0 Å². The van der Waals surface area contributed by atoms with E-state index < -0.39 is 63.3 Å². The molecule has 0 spiro atoms. The molecule has 2 aromatic carbocycles. The Bertz CT molecular complexity index is 731. The van der Waals surface area contributed by atoms with Gasteiger partial charge >= 0.3 is 0 Å². The Balaban J connectivity index is 2.93. The lowest BCUT2D eigenvalue weighted by Gasteiger charge is -2.11. The first-order valence-electron chi connectivity index (χ1n) is 5.13. The van der Waals surface area contributed by atoms with Crippen molar-refractivity contribution in [3.05, 3.63) is 41.0 Å². The van der Waals surface area contributed by atoms with Gasteiger partial charge in [0.2, 0.25) is 11.6 Å². The second kappa shape index (κ2) is 4.76. The van der Waals surface area contributed by atoms with Gasteiger partial charge in [0.15, 0.2) is 40.6 Å². The van der Waals surface area contributed by atoms with E-state index in [2.05, 4.69) is 0 Å². The van der Waals surface area contributed by atoms with E-state index in [1.165, 1.54) is 0 Å². The third-order valence-corrected chi connectivity index (χ3v) is 2.67. The van der Waals surface area contributed by atoms with Crippen molar-refractivity contribution in [2.75, 3.05) is 0 Å². The van der Waals surface area contributed by atoms with Crippen LogP contribution in [0.5, 0.6) is 17.2 Å². The molecule has 2 rings (SSSR count). The highest BCUT2D eigenvalue weighted by molar-refractivity contribution is 5.72. The van der Waals surface area contributed by atoms with Gasteiger partial charge in [0.1, 0.15) is 0 Å². The van der Waals surface area contributed by atoms with E-state index in [1.54, 1.807) is 0 Å². The van der Waals surface area contributed by atoms with E-state index in [-0.39, 0.29) is 6.07 Å². The Morgan fingerprint density at radius 1 is 0.571 bits per heavy atom. The average molecular weight is 310 g/mol. The van der Waals surface area contributed by atoms with Crippen molar-refractivity contribution in [1.29, 1.82) is 0 Å². The van der Waals surface area contributed by atoms with Gasteiger partial charge in [-0.15, -0.1) is 0 Å². The highest BCUT2D eigenvalue weighted by Crippen LogP contribution is 2.44. The highest BCUT2D eigenvalue weighted by atomic mass is 19.2. The molecule has 0 radical (unpaired) electrons. The van der Waals surface area contributed by atoms with E-state index in [0.717, 1.165) is 0 Å². The molecule has 0 unspecified atom stereocenters. The van der Waals surface area contributed by atoms with Crippen molar-refractivity contribution in [1.82, 2.24) is 0 Å². The minimum atomic E-state index is -2.44. The number of aromatic hydroxyl groups is 3. The van der Waals surface area contributed by atoms with Gasteiger partial charge in [-0.05, 0) is 6.07 Å². The number of benzene rings is 2. The lowest BCUT2D eigenvalue weighted by atomic mass is 10.0. The Morgan fingerprint density at radius 2 is 1.00 bits per heavy atom. The minimum Gasteiger partial charge on any atom is -0.504 e. The van der Waals surface area contributed by atoms with Crippen molar-refractivity contribution in [3.63, 3.8) is 0 Å². The Kier molecular flexibility index (Phi) is 3.36. The molecule has 0 saturated heterocycles. The van der Waals surface area contributed by atoms with Crippen LogP contribution in [0, 0.1) is 34.9 Å². The predicted molar refractivity (Wildman–Crippen MR) is 56.6 cm³/mol. The number of halogens is 6. The standard InChI is InChI=1S/C12H4F6O3/c13-5-2(1-3(19)11(20)12(5)21)4-6(14)8(16)10(18)9(17)7(4)15/h1,19-21H. The number of phenolic OH excluding ortho intramolecular Hbond substituents is 3. The fraction of sp³-hybridized carbons (Fsp3) is 0. The molecule has 0 aromatic heterocycles. The molecule has 3 nitrogen and oxygen atoms in total. The summed E-state index contributed by atoms with van der Waals surface area (Å²) >= 11 is 0. The smallest absolute Gasteiger partial charge is 0.203 e. The minimum absolute atomic E-state index is 0.211. The van der Waals surface area contributed by atoms with E-state index in [0.29, 0.717) is 0 Å². The zero-order valence-electron chi connectivity index (χ0n) is 9.69. The molecular formula is C12H4F6O3. The molecule has 0 amide bonds. The molecule has 0 saturated carbocycles. The summed E-state index contributed by atoms with van der Waals surface area (Å²) in [4.78, 5) is 0.